The Morgan fingerprint density at radius 3 is 2.43 bits per heavy atom. The summed E-state index contributed by atoms with van der Waals surface area (Å²) in [4.78, 5) is 14.4. The first kappa shape index (κ1) is 19.8. The maximum absolute atomic E-state index is 14.2. The SMILES string of the molecule is COc1cccc2c(C)c(C(=O)NCC(c3c(F)cccc3F)N(C)C)oc12. The molecule has 1 N–H and O–H groups in total. The minimum Gasteiger partial charge on any atom is -0.493 e. The summed E-state index contributed by atoms with van der Waals surface area (Å²) < 4.78 is 39.4. The topological polar surface area (TPSA) is 54.7 Å². The Bertz CT molecular complexity index is 994. The fourth-order valence-electron chi connectivity index (χ4n) is 3.24. The van der Waals surface area contributed by atoms with Crippen LogP contribution in [0.15, 0.2) is 40.8 Å². The highest BCUT2D eigenvalue weighted by Crippen LogP contribution is 2.32. The summed E-state index contributed by atoms with van der Waals surface area (Å²) in [7, 11) is 4.91. The number of benzene rings is 2. The van der Waals surface area contributed by atoms with Crippen molar-refractivity contribution in [2.24, 2.45) is 0 Å². The summed E-state index contributed by atoms with van der Waals surface area (Å²) in [6, 6.07) is 8.43. The molecule has 0 aliphatic heterocycles. The van der Waals surface area contributed by atoms with Gasteiger partial charge in [0.2, 0.25) is 0 Å². The van der Waals surface area contributed by atoms with E-state index in [4.69, 9.17) is 9.15 Å². The summed E-state index contributed by atoms with van der Waals surface area (Å²) >= 11 is 0. The van der Waals surface area contributed by atoms with Gasteiger partial charge < -0.3 is 19.4 Å². The van der Waals surface area contributed by atoms with Crippen molar-refractivity contribution in [1.29, 1.82) is 0 Å². The Morgan fingerprint density at radius 2 is 1.82 bits per heavy atom. The standard InChI is InChI=1S/C21H22F2N2O3/c1-12-13-7-5-10-17(27-4)20(13)28-19(12)21(26)24-11-16(25(2)3)18-14(22)8-6-9-15(18)23/h5-10,16H,11H2,1-4H3,(H,24,26). The van der Waals surface area contributed by atoms with Gasteiger partial charge in [-0.15, -0.1) is 0 Å². The molecule has 3 aromatic rings. The predicted molar refractivity (Wildman–Crippen MR) is 103 cm³/mol. The van der Waals surface area contributed by atoms with Gasteiger partial charge in [-0.1, -0.05) is 18.2 Å². The van der Waals surface area contributed by atoms with E-state index in [1.807, 2.05) is 12.1 Å². The van der Waals surface area contributed by atoms with E-state index in [1.54, 1.807) is 32.0 Å². The Morgan fingerprint density at radius 1 is 1.18 bits per heavy atom. The lowest BCUT2D eigenvalue weighted by molar-refractivity contribution is 0.0914. The molecule has 1 heterocycles. The minimum absolute atomic E-state index is 0.0112. The molecule has 0 fully saturated rings. The average molecular weight is 388 g/mol. The van der Waals surface area contributed by atoms with Crippen molar-refractivity contribution in [1.82, 2.24) is 10.2 Å². The number of para-hydroxylation sites is 1. The lowest BCUT2D eigenvalue weighted by Crippen LogP contribution is -2.35. The summed E-state index contributed by atoms with van der Waals surface area (Å²) in [5, 5.41) is 3.50. The smallest absolute Gasteiger partial charge is 0.287 e. The normalized spacial score (nSPS) is 12.4. The van der Waals surface area contributed by atoms with Crippen LogP contribution in [0.1, 0.15) is 27.7 Å². The number of rotatable bonds is 6. The van der Waals surface area contributed by atoms with Crippen LogP contribution in [0.2, 0.25) is 0 Å². The van der Waals surface area contributed by atoms with Crippen LogP contribution in [0.3, 0.4) is 0 Å². The van der Waals surface area contributed by atoms with Crippen LogP contribution in [0.5, 0.6) is 5.75 Å². The van der Waals surface area contributed by atoms with Gasteiger partial charge in [-0.25, -0.2) is 8.78 Å². The first-order valence-electron chi connectivity index (χ1n) is 8.79. The fraction of sp³-hybridized carbons (Fsp3) is 0.286. The van der Waals surface area contributed by atoms with Gasteiger partial charge in [-0.05, 0) is 39.2 Å². The second kappa shape index (κ2) is 7.98. The number of fused-ring (bicyclic) bond motifs is 1. The van der Waals surface area contributed by atoms with Crippen LogP contribution in [-0.4, -0.2) is 38.6 Å². The van der Waals surface area contributed by atoms with E-state index in [-0.39, 0.29) is 17.9 Å². The minimum atomic E-state index is -0.677. The Hall–Kier alpha value is -2.93. The van der Waals surface area contributed by atoms with Gasteiger partial charge >= 0.3 is 0 Å². The molecule has 3 rings (SSSR count). The van der Waals surface area contributed by atoms with Crippen molar-refractivity contribution in [3.05, 3.63) is 64.9 Å². The molecule has 2 aromatic carbocycles. The molecule has 1 amide bonds. The highest BCUT2D eigenvalue weighted by molar-refractivity contribution is 6.00. The van der Waals surface area contributed by atoms with E-state index < -0.39 is 23.6 Å². The number of likely N-dealkylation sites (N-methyl/N-ethyl adjacent to an activating group) is 1. The molecule has 1 atom stereocenters. The van der Waals surface area contributed by atoms with E-state index in [9.17, 15) is 13.6 Å². The largest absolute Gasteiger partial charge is 0.493 e. The first-order valence-corrected chi connectivity index (χ1v) is 8.79. The summed E-state index contributed by atoms with van der Waals surface area (Å²) in [6.07, 6.45) is 0. The van der Waals surface area contributed by atoms with Gasteiger partial charge in [0.25, 0.3) is 5.91 Å². The number of furan rings is 1. The van der Waals surface area contributed by atoms with E-state index in [1.165, 1.54) is 25.3 Å². The molecule has 148 valence electrons. The van der Waals surface area contributed by atoms with Crippen molar-refractivity contribution in [3.8, 4) is 5.75 Å². The van der Waals surface area contributed by atoms with E-state index in [2.05, 4.69) is 5.32 Å². The third-order valence-corrected chi connectivity index (χ3v) is 4.77. The number of ether oxygens (including phenoxy) is 1. The van der Waals surface area contributed by atoms with Gasteiger partial charge in [-0.3, -0.25) is 4.79 Å². The quantitative estimate of drug-likeness (QED) is 0.692. The number of carbonyl (C=O) groups excluding carboxylic acids is 1. The Kier molecular flexibility index (Phi) is 5.65. The number of amides is 1. The maximum atomic E-state index is 14.2. The molecule has 1 unspecified atom stereocenters. The van der Waals surface area contributed by atoms with Gasteiger partial charge in [-0.2, -0.15) is 0 Å². The van der Waals surface area contributed by atoms with Crippen molar-refractivity contribution < 1.29 is 22.7 Å². The number of hydrogen-bond acceptors (Lipinski definition) is 4. The number of nitrogens with one attached hydrogen (secondary N) is 1. The molecule has 0 aliphatic rings. The van der Waals surface area contributed by atoms with Gasteiger partial charge in [0, 0.05) is 23.1 Å². The highest BCUT2D eigenvalue weighted by Gasteiger charge is 2.25. The summed E-state index contributed by atoms with van der Waals surface area (Å²) in [5.74, 6) is -1.10. The van der Waals surface area contributed by atoms with Crippen molar-refractivity contribution in [2.45, 2.75) is 13.0 Å². The number of hydrogen-bond donors (Lipinski definition) is 1. The predicted octanol–water partition coefficient (Wildman–Crippen LogP) is 4.06. The number of carbonyl (C=O) groups is 1. The zero-order valence-corrected chi connectivity index (χ0v) is 16.2. The van der Waals surface area contributed by atoms with Gasteiger partial charge in [0.05, 0.1) is 13.2 Å². The Labute approximate surface area is 161 Å². The van der Waals surface area contributed by atoms with E-state index in [0.29, 0.717) is 16.9 Å². The van der Waals surface area contributed by atoms with Crippen LogP contribution in [0.25, 0.3) is 11.0 Å². The molecule has 28 heavy (non-hydrogen) atoms. The maximum Gasteiger partial charge on any atom is 0.287 e. The molecule has 5 nitrogen and oxygen atoms in total. The van der Waals surface area contributed by atoms with Crippen molar-refractivity contribution >= 4 is 16.9 Å². The molecule has 0 saturated heterocycles. The molecule has 1 aromatic heterocycles. The number of aryl methyl sites for hydroxylation is 1. The monoisotopic (exact) mass is 388 g/mol. The zero-order chi connectivity index (χ0) is 20.4. The third kappa shape index (κ3) is 3.57. The molecular weight excluding hydrogens is 366 g/mol. The second-order valence-electron chi connectivity index (χ2n) is 6.72. The summed E-state index contributed by atoms with van der Waals surface area (Å²) in [6.45, 7) is 1.79. The number of methoxy groups -OCH3 is 1. The first-order chi connectivity index (χ1) is 13.3. The van der Waals surface area contributed by atoms with Crippen LogP contribution in [0, 0.1) is 18.6 Å². The van der Waals surface area contributed by atoms with Crippen LogP contribution >= 0.6 is 0 Å². The number of nitrogens with zero attached hydrogens (tertiary/aromatic N) is 1. The highest BCUT2D eigenvalue weighted by atomic mass is 19.1. The molecule has 0 saturated carbocycles. The zero-order valence-electron chi connectivity index (χ0n) is 16.2. The van der Waals surface area contributed by atoms with Crippen LogP contribution in [-0.2, 0) is 0 Å². The van der Waals surface area contributed by atoms with Crippen molar-refractivity contribution in [2.75, 3.05) is 27.7 Å². The Balaban J connectivity index is 1.86. The molecule has 7 heteroatoms. The van der Waals surface area contributed by atoms with E-state index in [0.717, 1.165) is 5.39 Å². The molecule has 0 radical (unpaired) electrons. The summed E-state index contributed by atoms with van der Waals surface area (Å²) in [5.41, 5.74) is 1.07. The molecule has 0 aliphatic carbocycles. The van der Waals surface area contributed by atoms with Crippen molar-refractivity contribution in [3.63, 3.8) is 0 Å². The lowest BCUT2D eigenvalue weighted by atomic mass is 10.0. The fourth-order valence-corrected chi connectivity index (χ4v) is 3.24. The third-order valence-electron chi connectivity index (χ3n) is 4.77. The molecular formula is C21H22F2N2O3. The number of halogens is 2. The lowest BCUT2D eigenvalue weighted by Gasteiger charge is -2.25. The van der Waals surface area contributed by atoms with Gasteiger partial charge in [0.1, 0.15) is 11.6 Å². The molecule has 0 spiro atoms. The van der Waals surface area contributed by atoms with E-state index >= 15 is 0 Å². The van der Waals surface area contributed by atoms with Gasteiger partial charge in [0.15, 0.2) is 17.1 Å². The van der Waals surface area contributed by atoms with Crippen LogP contribution < -0.4 is 10.1 Å². The second-order valence-corrected chi connectivity index (χ2v) is 6.72. The van der Waals surface area contributed by atoms with Crippen LogP contribution in [0.4, 0.5) is 8.78 Å². The average Bonchev–Trinajstić information content (AvgIpc) is 3.00. The molecule has 0 bridgehead atoms.